The number of halogens is 3. The standard InChI is InChI=1S/C10H7BrF2O2/c1-10(12,13)5-2-3-6-7(4-5)8(11)15-9(6)14/h2-4,8H,1H3. The minimum Gasteiger partial charge on any atom is -0.442 e. The van der Waals surface area contributed by atoms with Crippen molar-refractivity contribution in [2.75, 3.05) is 0 Å². The van der Waals surface area contributed by atoms with E-state index in [1.807, 2.05) is 0 Å². The average Bonchev–Trinajstić information content (AvgIpc) is 2.41. The van der Waals surface area contributed by atoms with Gasteiger partial charge in [-0.15, -0.1) is 0 Å². The number of ether oxygens (including phenoxy) is 1. The lowest BCUT2D eigenvalue weighted by molar-refractivity contribution is 0.0174. The first-order chi connectivity index (χ1) is 6.89. The summed E-state index contributed by atoms with van der Waals surface area (Å²) >= 11 is 3.09. The van der Waals surface area contributed by atoms with Crippen LogP contribution in [0.1, 0.15) is 33.4 Å². The molecule has 1 aliphatic heterocycles. The third-order valence-corrected chi connectivity index (χ3v) is 2.91. The van der Waals surface area contributed by atoms with E-state index in [4.69, 9.17) is 4.74 Å². The number of cyclic esters (lactones) is 1. The van der Waals surface area contributed by atoms with Crippen molar-refractivity contribution >= 4 is 21.9 Å². The summed E-state index contributed by atoms with van der Waals surface area (Å²) in [5.41, 5.74) is 0.674. The first-order valence-corrected chi connectivity index (χ1v) is 5.18. The molecule has 1 aromatic rings. The van der Waals surface area contributed by atoms with Gasteiger partial charge in [0.25, 0.3) is 5.92 Å². The number of fused-ring (bicyclic) bond motifs is 1. The Labute approximate surface area is 93.4 Å². The van der Waals surface area contributed by atoms with E-state index in [1.54, 1.807) is 0 Å². The number of esters is 1. The van der Waals surface area contributed by atoms with Gasteiger partial charge in [0.1, 0.15) is 0 Å². The molecule has 15 heavy (non-hydrogen) atoms. The van der Waals surface area contributed by atoms with Gasteiger partial charge < -0.3 is 4.74 Å². The van der Waals surface area contributed by atoms with Gasteiger partial charge in [-0.05, 0) is 28.1 Å². The number of benzene rings is 1. The summed E-state index contributed by atoms with van der Waals surface area (Å²) in [6, 6.07) is 3.90. The van der Waals surface area contributed by atoms with Gasteiger partial charge in [0.15, 0.2) is 5.01 Å². The molecule has 1 aromatic carbocycles. The van der Waals surface area contributed by atoms with Crippen LogP contribution in [0.4, 0.5) is 8.78 Å². The lowest BCUT2D eigenvalue weighted by Crippen LogP contribution is -2.07. The van der Waals surface area contributed by atoms with E-state index in [9.17, 15) is 13.6 Å². The fourth-order valence-corrected chi connectivity index (χ4v) is 1.98. The molecule has 2 rings (SSSR count). The summed E-state index contributed by atoms with van der Waals surface area (Å²) in [6.45, 7) is 0.815. The Kier molecular flexibility index (Phi) is 2.30. The summed E-state index contributed by atoms with van der Waals surface area (Å²) < 4.78 is 30.8. The Morgan fingerprint density at radius 1 is 1.47 bits per heavy atom. The average molecular weight is 277 g/mol. The van der Waals surface area contributed by atoms with E-state index < -0.39 is 16.9 Å². The van der Waals surface area contributed by atoms with Crippen molar-refractivity contribution in [3.05, 3.63) is 34.9 Å². The summed E-state index contributed by atoms with van der Waals surface area (Å²) in [6.07, 6.45) is 0. The maximum Gasteiger partial charge on any atom is 0.340 e. The molecule has 0 spiro atoms. The Bertz CT molecular complexity index is 426. The number of alkyl halides is 3. The van der Waals surface area contributed by atoms with Gasteiger partial charge >= 0.3 is 5.97 Å². The number of carbonyl (C=O) groups is 1. The van der Waals surface area contributed by atoms with Crippen molar-refractivity contribution in [3.63, 3.8) is 0 Å². The highest BCUT2D eigenvalue weighted by Gasteiger charge is 2.32. The molecule has 0 bridgehead atoms. The smallest absolute Gasteiger partial charge is 0.340 e. The van der Waals surface area contributed by atoms with E-state index in [0.29, 0.717) is 11.1 Å². The second kappa shape index (κ2) is 3.27. The topological polar surface area (TPSA) is 26.3 Å². The van der Waals surface area contributed by atoms with Crippen LogP contribution in [0.3, 0.4) is 0 Å². The van der Waals surface area contributed by atoms with Crippen molar-refractivity contribution in [2.45, 2.75) is 17.9 Å². The molecule has 2 nitrogen and oxygen atoms in total. The number of hydrogen-bond donors (Lipinski definition) is 0. The highest BCUT2D eigenvalue weighted by molar-refractivity contribution is 9.09. The maximum absolute atomic E-state index is 13.0. The molecule has 0 aliphatic carbocycles. The zero-order chi connectivity index (χ0) is 11.2. The van der Waals surface area contributed by atoms with Crippen LogP contribution in [-0.4, -0.2) is 5.97 Å². The Morgan fingerprint density at radius 2 is 2.13 bits per heavy atom. The van der Waals surface area contributed by atoms with Crippen molar-refractivity contribution in [1.29, 1.82) is 0 Å². The lowest BCUT2D eigenvalue weighted by Gasteiger charge is -2.11. The molecule has 0 radical (unpaired) electrons. The minimum absolute atomic E-state index is 0.121. The van der Waals surface area contributed by atoms with Crippen LogP contribution in [0, 0.1) is 0 Å². The maximum atomic E-state index is 13.0. The van der Waals surface area contributed by atoms with E-state index in [1.165, 1.54) is 18.2 Å². The van der Waals surface area contributed by atoms with E-state index in [2.05, 4.69) is 15.9 Å². The number of carbonyl (C=O) groups excluding carboxylic acids is 1. The molecule has 0 saturated heterocycles. The SMILES string of the molecule is CC(F)(F)c1ccc2c(c1)C(Br)OC2=O. The van der Waals surface area contributed by atoms with Crippen LogP contribution in [-0.2, 0) is 10.7 Å². The van der Waals surface area contributed by atoms with Crippen molar-refractivity contribution in [1.82, 2.24) is 0 Å². The van der Waals surface area contributed by atoms with Crippen LogP contribution in [0.25, 0.3) is 0 Å². The second-order valence-electron chi connectivity index (χ2n) is 3.41. The van der Waals surface area contributed by atoms with E-state index in [-0.39, 0.29) is 5.56 Å². The third-order valence-electron chi connectivity index (χ3n) is 2.23. The molecule has 1 unspecified atom stereocenters. The molecule has 1 atom stereocenters. The number of hydrogen-bond acceptors (Lipinski definition) is 2. The van der Waals surface area contributed by atoms with Crippen molar-refractivity contribution in [3.8, 4) is 0 Å². The molecule has 0 saturated carbocycles. The Hall–Kier alpha value is -0.970. The van der Waals surface area contributed by atoms with E-state index >= 15 is 0 Å². The molecule has 5 heteroatoms. The fraction of sp³-hybridized carbons (Fsp3) is 0.300. The highest BCUT2D eigenvalue weighted by atomic mass is 79.9. The Balaban J connectivity index is 2.52. The molecule has 0 aromatic heterocycles. The van der Waals surface area contributed by atoms with Gasteiger partial charge in [0.05, 0.1) is 5.56 Å². The monoisotopic (exact) mass is 276 g/mol. The molecular formula is C10H7BrF2O2. The predicted octanol–water partition coefficient (Wildman–Crippen LogP) is 3.36. The van der Waals surface area contributed by atoms with Crippen LogP contribution < -0.4 is 0 Å². The zero-order valence-electron chi connectivity index (χ0n) is 7.76. The van der Waals surface area contributed by atoms with Gasteiger partial charge in [-0.2, -0.15) is 0 Å². The molecule has 80 valence electrons. The lowest BCUT2D eigenvalue weighted by atomic mass is 10.0. The molecule has 0 amide bonds. The number of rotatable bonds is 1. The van der Waals surface area contributed by atoms with Crippen LogP contribution in [0.15, 0.2) is 18.2 Å². The largest absolute Gasteiger partial charge is 0.442 e. The van der Waals surface area contributed by atoms with Crippen LogP contribution in [0.5, 0.6) is 0 Å². The normalized spacial score (nSPS) is 20.0. The van der Waals surface area contributed by atoms with Gasteiger partial charge in [-0.1, -0.05) is 6.07 Å². The molecule has 0 N–H and O–H groups in total. The minimum atomic E-state index is -2.91. The quantitative estimate of drug-likeness (QED) is 0.581. The van der Waals surface area contributed by atoms with Gasteiger partial charge in [-0.25, -0.2) is 13.6 Å². The summed E-state index contributed by atoms with van der Waals surface area (Å²) in [4.78, 5) is 11.2. The van der Waals surface area contributed by atoms with Gasteiger partial charge in [0.2, 0.25) is 0 Å². The fourth-order valence-electron chi connectivity index (χ4n) is 1.43. The second-order valence-corrected chi connectivity index (χ2v) is 4.24. The van der Waals surface area contributed by atoms with E-state index in [0.717, 1.165) is 6.92 Å². The third kappa shape index (κ3) is 1.76. The predicted molar refractivity (Wildman–Crippen MR) is 53.1 cm³/mol. The zero-order valence-corrected chi connectivity index (χ0v) is 9.35. The van der Waals surface area contributed by atoms with Crippen LogP contribution >= 0.6 is 15.9 Å². The van der Waals surface area contributed by atoms with Crippen LogP contribution in [0.2, 0.25) is 0 Å². The van der Waals surface area contributed by atoms with Gasteiger partial charge in [0, 0.05) is 18.1 Å². The van der Waals surface area contributed by atoms with Gasteiger partial charge in [-0.3, -0.25) is 0 Å². The Morgan fingerprint density at radius 3 is 2.73 bits per heavy atom. The molecule has 1 heterocycles. The molecule has 1 aliphatic rings. The van der Waals surface area contributed by atoms with Crippen molar-refractivity contribution < 1.29 is 18.3 Å². The summed E-state index contributed by atoms with van der Waals surface area (Å²) in [5, 5.41) is -0.623. The van der Waals surface area contributed by atoms with Crippen molar-refractivity contribution in [2.24, 2.45) is 0 Å². The molecular weight excluding hydrogens is 270 g/mol. The first kappa shape index (κ1) is 10.5. The first-order valence-electron chi connectivity index (χ1n) is 4.27. The summed E-state index contributed by atoms with van der Waals surface area (Å²) in [7, 11) is 0. The molecule has 0 fully saturated rings. The summed E-state index contributed by atoms with van der Waals surface area (Å²) in [5.74, 6) is -3.40. The highest BCUT2D eigenvalue weighted by Crippen LogP contribution is 2.38.